The number of hydrogen-bond donors (Lipinski definition) is 1. The van der Waals surface area contributed by atoms with Gasteiger partial charge in [0.2, 0.25) is 0 Å². The molecule has 4 heteroatoms. The van der Waals surface area contributed by atoms with Crippen LogP contribution in [0.3, 0.4) is 0 Å². The Morgan fingerprint density at radius 3 is 2.43 bits per heavy atom. The Labute approximate surface area is 90.2 Å². The lowest BCUT2D eigenvalue weighted by Gasteiger charge is -2.37. The van der Waals surface area contributed by atoms with E-state index in [0.29, 0.717) is 0 Å². The number of hydrogen-bond acceptors (Lipinski definition) is 3. The Kier molecular flexibility index (Phi) is 3.40. The molecule has 14 heavy (non-hydrogen) atoms. The second-order valence-electron chi connectivity index (χ2n) is 4.32. The molecule has 1 aromatic heterocycles. The lowest BCUT2D eigenvalue weighted by atomic mass is 9.86. The van der Waals surface area contributed by atoms with Gasteiger partial charge in [0.05, 0.1) is 11.2 Å². The molecule has 77 valence electrons. The monoisotopic (exact) mass is 211 g/mol. The zero-order valence-corrected chi connectivity index (χ0v) is 9.89. The highest BCUT2D eigenvalue weighted by Gasteiger charge is 2.35. The molecule has 0 aliphatic heterocycles. The Hall–Kier alpha value is -0.315. The molecule has 0 aromatic carbocycles. The van der Waals surface area contributed by atoms with Crippen molar-refractivity contribution in [3.05, 3.63) is 17.5 Å². The van der Waals surface area contributed by atoms with Gasteiger partial charge in [0.15, 0.2) is 0 Å². The molecule has 1 radical (unpaired) electrons. The SMILES string of the molecule is CC(C)(O)C(C)(C)O[B]c1cccs1. The lowest BCUT2D eigenvalue weighted by Crippen LogP contribution is -2.49. The molecule has 0 fully saturated rings. The van der Waals surface area contributed by atoms with Crippen LogP contribution in [-0.4, -0.2) is 23.8 Å². The fourth-order valence-electron chi connectivity index (χ4n) is 0.708. The summed E-state index contributed by atoms with van der Waals surface area (Å²) in [5.74, 6) is 0. The first-order valence-electron chi connectivity index (χ1n) is 4.60. The quantitative estimate of drug-likeness (QED) is 0.766. The number of rotatable bonds is 4. The summed E-state index contributed by atoms with van der Waals surface area (Å²) in [6, 6.07) is 3.95. The summed E-state index contributed by atoms with van der Waals surface area (Å²) in [5.41, 5.74) is -1.45. The fraction of sp³-hybridized carbons (Fsp3) is 0.600. The predicted octanol–water partition coefficient (Wildman–Crippen LogP) is 1.56. The van der Waals surface area contributed by atoms with E-state index in [0.717, 1.165) is 4.78 Å². The van der Waals surface area contributed by atoms with E-state index in [1.807, 2.05) is 31.4 Å². The van der Waals surface area contributed by atoms with Gasteiger partial charge in [-0.2, -0.15) is 11.3 Å². The Morgan fingerprint density at radius 1 is 1.36 bits per heavy atom. The molecule has 0 saturated heterocycles. The summed E-state index contributed by atoms with van der Waals surface area (Å²) in [4.78, 5) is 0. The average Bonchev–Trinajstić information content (AvgIpc) is 2.50. The van der Waals surface area contributed by atoms with Crippen LogP contribution in [0.4, 0.5) is 0 Å². The number of aliphatic hydroxyl groups is 1. The van der Waals surface area contributed by atoms with Crippen LogP contribution in [0.5, 0.6) is 0 Å². The first-order valence-corrected chi connectivity index (χ1v) is 5.48. The second-order valence-corrected chi connectivity index (χ2v) is 5.30. The molecule has 0 bridgehead atoms. The van der Waals surface area contributed by atoms with E-state index in [4.69, 9.17) is 4.65 Å². The van der Waals surface area contributed by atoms with Gasteiger partial charge in [-0.3, -0.25) is 0 Å². The molecular weight excluding hydrogens is 195 g/mol. The molecule has 0 saturated carbocycles. The molecule has 0 amide bonds. The summed E-state index contributed by atoms with van der Waals surface area (Å²) in [7, 11) is 1.70. The Bertz CT molecular complexity index is 275. The maximum atomic E-state index is 9.83. The zero-order valence-electron chi connectivity index (χ0n) is 9.07. The van der Waals surface area contributed by atoms with Crippen molar-refractivity contribution in [2.75, 3.05) is 0 Å². The van der Waals surface area contributed by atoms with Crippen molar-refractivity contribution in [1.29, 1.82) is 0 Å². The molecule has 1 aromatic rings. The molecule has 0 unspecified atom stereocenters. The van der Waals surface area contributed by atoms with E-state index >= 15 is 0 Å². The van der Waals surface area contributed by atoms with Gasteiger partial charge in [-0.1, -0.05) is 12.1 Å². The summed E-state index contributed by atoms with van der Waals surface area (Å²) in [5, 5.41) is 11.8. The lowest BCUT2D eigenvalue weighted by molar-refractivity contribution is -0.0892. The minimum atomic E-state index is -0.860. The van der Waals surface area contributed by atoms with E-state index in [-0.39, 0.29) is 0 Å². The van der Waals surface area contributed by atoms with Crippen LogP contribution in [0, 0.1) is 0 Å². The molecule has 0 aliphatic rings. The molecule has 0 atom stereocenters. The van der Waals surface area contributed by atoms with Gasteiger partial charge < -0.3 is 9.76 Å². The van der Waals surface area contributed by atoms with Crippen LogP contribution >= 0.6 is 11.3 Å². The van der Waals surface area contributed by atoms with Gasteiger partial charge in [0, 0.05) is 0 Å². The average molecular weight is 211 g/mol. The van der Waals surface area contributed by atoms with Crippen molar-refractivity contribution in [2.24, 2.45) is 0 Å². The van der Waals surface area contributed by atoms with Crippen LogP contribution in [-0.2, 0) is 4.65 Å². The van der Waals surface area contributed by atoms with Crippen molar-refractivity contribution >= 4 is 23.6 Å². The van der Waals surface area contributed by atoms with E-state index in [9.17, 15) is 5.11 Å². The van der Waals surface area contributed by atoms with E-state index in [2.05, 4.69) is 0 Å². The largest absolute Gasteiger partial charge is 0.426 e. The van der Waals surface area contributed by atoms with Crippen LogP contribution in [0.1, 0.15) is 27.7 Å². The van der Waals surface area contributed by atoms with E-state index in [1.54, 1.807) is 32.7 Å². The third-order valence-electron chi connectivity index (χ3n) is 2.49. The van der Waals surface area contributed by atoms with E-state index in [1.165, 1.54) is 0 Å². The summed E-state index contributed by atoms with van der Waals surface area (Å²) in [6.07, 6.45) is 0. The molecule has 0 spiro atoms. The van der Waals surface area contributed by atoms with Gasteiger partial charge in [0.1, 0.15) is 0 Å². The molecule has 1 heterocycles. The molecule has 1 rings (SSSR count). The molecule has 0 aliphatic carbocycles. The van der Waals surface area contributed by atoms with Crippen LogP contribution in [0.25, 0.3) is 0 Å². The topological polar surface area (TPSA) is 29.5 Å². The third-order valence-corrected chi connectivity index (χ3v) is 3.28. The van der Waals surface area contributed by atoms with Crippen LogP contribution in [0.2, 0.25) is 0 Å². The highest BCUT2D eigenvalue weighted by Crippen LogP contribution is 2.24. The van der Waals surface area contributed by atoms with Gasteiger partial charge in [-0.25, -0.2) is 0 Å². The first kappa shape index (κ1) is 11.8. The maximum Gasteiger partial charge on any atom is 0.341 e. The van der Waals surface area contributed by atoms with Crippen molar-refractivity contribution < 1.29 is 9.76 Å². The highest BCUT2D eigenvalue weighted by atomic mass is 32.1. The van der Waals surface area contributed by atoms with Gasteiger partial charge in [-0.15, -0.1) is 0 Å². The standard InChI is InChI=1S/C10H16BO2S/c1-9(2,12)10(3,4)13-11-8-6-5-7-14-8/h5-7,12H,1-4H3. The summed E-state index contributed by atoms with van der Waals surface area (Å²) < 4.78 is 6.63. The Balaban J connectivity index is 2.53. The van der Waals surface area contributed by atoms with Crippen LogP contribution < -0.4 is 4.78 Å². The second kappa shape index (κ2) is 4.05. The maximum absolute atomic E-state index is 9.83. The molecular formula is C10H16BO2S. The minimum absolute atomic E-state index is 0.586. The smallest absolute Gasteiger partial charge is 0.341 e. The van der Waals surface area contributed by atoms with Gasteiger partial charge in [-0.05, 0) is 37.9 Å². The summed E-state index contributed by atoms with van der Waals surface area (Å²) >= 11 is 1.61. The zero-order chi connectivity index (χ0) is 10.8. The van der Waals surface area contributed by atoms with Gasteiger partial charge in [0.25, 0.3) is 0 Å². The van der Waals surface area contributed by atoms with Crippen LogP contribution in [0.15, 0.2) is 17.5 Å². The van der Waals surface area contributed by atoms with Gasteiger partial charge >= 0.3 is 7.48 Å². The normalized spacial score (nSPS) is 12.9. The minimum Gasteiger partial charge on any atom is -0.426 e. The van der Waals surface area contributed by atoms with Crippen molar-refractivity contribution in [3.8, 4) is 0 Å². The third kappa shape index (κ3) is 2.84. The number of thiophene rings is 1. The van der Waals surface area contributed by atoms with Crippen molar-refractivity contribution in [1.82, 2.24) is 0 Å². The predicted molar refractivity (Wildman–Crippen MR) is 61.2 cm³/mol. The summed E-state index contributed by atoms with van der Waals surface area (Å²) in [6.45, 7) is 7.23. The first-order chi connectivity index (χ1) is 6.33. The fourth-order valence-corrected chi connectivity index (χ4v) is 1.28. The highest BCUT2D eigenvalue weighted by molar-refractivity contribution is 7.19. The van der Waals surface area contributed by atoms with Crippen molar-refractivity contribution in [2.45, 2.75) is 38.9 Å². The van der Waals surface area contributed by atoms with Crippen molar-refractivity contribution in [3.63, 3.8) is 0 Å². The molecule has 2 nitrogen and oxygen atoms in total. The van der Waals surface area contributed by atoms with E-state index < -0.39 is 11.2 Å². The Morgan fingerprint density at radius 2 is 2.00 bits per heavy atom. The molecule has 1 N–H and O–H groups in total.